The molecule has 0 fully saturated rings. The van der Waals surface area contributed by atoms with Crippen LogP contribution in [0.5, 0.6) is 11.5 Å². The van der Waals surface area contributed by atoms with Crippen molar-refractivity contribution in [3.05, 3.63) is 172 Å². The topological polar surface area (TPSA) is 235 Å². The van der Waals surface area contributed by atoms with E-state index in [2.05, 4.69) is 14.2 Å². The first-order chi connectivity index (χ1) is 35.0. The first-order valence-corrected chi connectivity index (χ1v) is 21.0. The van der Waals surface area contributed by atoms with Crippen molar-refractivity contribution in [1.82, 2.24) is 0 Å². The Morgan fingerprint density at radius 1 is 0.645 bits per heavy atom. The van der Waals surface area contributed by atoms with Gasteiger partial charge in [-0.05, 0) is 58.4 Å². The second kappa shape index (κ2) is 24.1. The summed E-state index contributed by atoms with van der Waals surface area (Å²) in [6.07, 6.45) is -14.6. The van der Waals surface area contributed by atoms with E-state index in [1.807, 2.05) is 26.0 Å². The van der Waals surface area contributed by atoms with Crippen LogP contribution >= 0.6 is 0 Å². The minimum Gasteiger partial charge on any atom is -0.476 e. The average molecular weight is 1090 g/mol. The molecule has 5 aromatic carbocycles. The van der Waals surface area contributed by atoms with E-state index in [1.54, 1.807) is 50.2 Å². The Labute approximate surface area is 422 Å². The highest BCUT2D eigenvalue weighted by molar-refractivity contribution is 5.96. The summed E-state index contributed by atoms with van der Waals surface area (Å²) in [6, 6.07) is 17.0. The molecule has 1 heterocycles. The molecule has 406 valence electrons. The van der Waals surface area contributed by atoms with Gasteiger partial charge in [0.25, 0.3) is 0 Å². The molecule has 0 spiro atoms. The van der Waals surface area contributed by atoms with E-state index in [0.717, 1.165) is 44.6 Å². The fourth-order valence-electron chi connectivity index (χ4n) is 7.03. The summed E-state index contributed by atoms with van der Waals surface area (Å²) in [7, 11) is 2.69. The number of Topliss-reactive ketones (excluding diaryl/α,β-unsaturated/α-hetero) is 1. The molecule has 1 unspecified atom stereocenters. The number of nitro groups is 2. The number of benzene rings is 5. The number of nitrogens with zero attached hydrogens (tertiary/aromatic N) is 2. The molecule has 0 aliphatic carbocycles. The lowest BCUT2D eigenvalue weighted by molar-refractivity contribution is -0.387. The lowest BCUT2D eigenvalue weighted by atomic mass is 9.84. The quantitative estimate of drug-likeness (QED) is 0.0439. The number of ether oxygens (including phenoxy) is 5. The summed E-state index contributed by atoms with van der Waals surface area (Å²) in [5.74, 6) is -6.55. The number of halogens is 10. The highest BCUT2D eigenvalue weighted by Crippen LogP contribution is 2.44. The third-order valence-corrected chi connectivity index (χ3v) is 10.8. The number of methoxy groups -OCH3 is 3. The number of aryl methyl sites for hydroxylation is 2. The van der Waals surface area contributed by atoms with Crippen molar-refractivity contribution in [2.24, 2.45) is 0 Å². The molecule has 0 aromatic heterocycles. The Morgan fingerprint density at radius 3 is 1.50 bits per heavy atom. The number of rotatable bonds is 9. The third-order valence-electron chi connectivity index (χ3n) is 10.8. The van der Waals surface area contributed by atoms with Crippen LogP contribution in [0.1, 0.15) is 96.4 Å². The fraction of sp³-hybridized carbons (Fsp3) is 0.286. The summed E-state index contributed by atoms with van der Waals surface area (Å²) >= 11 is 0. The largest absolute Gasteiger partial charge is 0.476 e. The maximum Gasteiger partial charge on any atom is 0.417 e. The monoisotopic (exact) mass is 1090 g/mol. The van der Waals surface area contributed by atoms with Crippen LogP contribution in [0.3, 0.4) is 0 Å². The van der Waals surface area contributed by atoms with Gasteiger partial charge >= 0.3 is 54.0 Å². The number of carbonyl (C=O) groups is 4. The zero-order valence-corrected chi connectivity index (χ0v) is 40.6. The van der Waals surface area contributed by atoms with Gasteiger partial charge in [-0.1, -0.05) is 59.7 Å². The smallest absolute Gasteiger partial charge is 0.417 e. The molecule has 76 heavy (non-hydrogen) atoms. The first kappa shape index (κ1) is 61.6. The van der Waals surface area contributed by atoms with Crippen LogP contribution in [0.15, 0.2) is 84.9 Å². The first-order valence-electron chi connectivity index (χ1n) is 21.0. The predicted octanol–water partition coefficient (Wildman–Crippen LogP) is 11.2. The molecule has 0 saturated carbocycles. The third kappa shape index (κ3) is 14.7. The lowest BCUT2D eigenvalue weighted by Gasteiger charge is -2.35. The van der Waals surface area contributed by atoms with Crippen molar-refractivity contribution in [2.75, 3.05) is 21.3 Å². The van der Waals surface area contributed by atoms with E-state index in [-0.39, 0.29) is 41.8 Å². The van der Waals surface area contributed by atoms with Gasteiger partial charge in [-0.2, -0.15) is 53.5 Å². The zero-order valence-electron chi connectivity index (χ0n) is 40.6. The lowest BCUT2D eigenvalue weighted by Crippen LogP contribution is -2.43. The van der Waals surface area contributed by atoms with Crippen molar-refractivity contribution in [3.63, 3.8) is 0 Å². The molecule has 6 rings (SSSR count). The summed E-state index contributed by atoms with van der Waals surface area (Å²) in [6.45, 7) is 8.36. The van der Waals surface area contributed by atoms with Crippen LogP contribution in [-0.2, 0) is 64.7 Å². The molecule has 27 heteroatoms. The second-order valence-corrected chi connectivity index (χ2v) is 16.4. The number of hydrogen-bond acceptors (Lipinski definition) is 15. The zero-order chi connectivity index (χ0) is 58.1. The molecule has 0 saturated heterocycles. The molecular formula is C49H40F10N2O15. The molecule has 0 radical (unpaired) electrons. The molecule has 17 nitrogen and oxygen atoms in total. The van der Waals surface area contributed by atoms with E-state index in [0.29, 0.717) is 23.3 Å². The molecule has 1 atom stereocenters. The van der Waals surface area contributed by atoms with Crippen molar-refractivity contribution < 1.29 is 106 Å². The molecule has 1 aliphatic rings. The van der Waals surface area contributed by atoms with Crippen molar-refractivity contribution in [3.8, 4) is 11.5 Å². The molecule has 0 amide bonds. The van der Waals surface area contributed by atoms with Crippen molar-refractivity contribution >= 4 is 41.2 Å². The van der Waals surface area contributed by atoms with E-state index < -0.39 is 114 Å². The van der Waals surface area contributed by atoms with Crippen LogP contribution in [0, 0.1) is 39.9 Å². The molecule has 1 aliphatic heterocycles. The SMILES string of the molecule is COC(=O)c1cc([N+](=O)[O-])c(F)cc1C(F)(F)F.COC(=O)c1cc([N+](=O)[O-])c(OC(C)(C)c2cccc(C)c2)cc1C(F)(F)F.COC(=O)c1cc2c(cc1C(F)(F)F)OC(C)(c1cccc(C)c1)C(=O)C2.O=C=O. The number of carbonyl (C=O) groups excluding carboxylic acids is 6. The normalized spacial score (nSPS) is 13.9. The van der Waals surface area contributed by atoms with Crippen LogP contribution < -0.4 is 9.47 Å². The van der Waals surface area contributed by atoms with Gasteiger partial charge in [0, 0.05) is 35.7 Å². The Hall–Kier alpha value is -8.74. The number of esters is 3. The summed E-state index contributed by atoms with van der Waals surface area (Å²) in [5, 5.41) is 21.8. The van der Waals surface area contributed by atoms with E-state index >= 15 is 0 Å². The van der Waals surface area contributed by atoms with Gasteiger partial charge in [-0.15, -0.1) is 0 Å². The number of ketones is 1. The Morgan fingerprint density at radius 2 is 1.07 bits per heavy atom. The van der Waals surface area contributed by atoms with Gasteiger partial charge in [0.2, 0.25) is 5.82 Å². The molecule has 5 aromatic rings. The van der Waals surface area contributed by atoms with Crippen LogP contribution in [0.4, 0.5) is 55.3 Å². The minimum atomic E-state index is -5.03. The number of fused-ring (bicyclic) bond motifs is 1. The van der Waals surface area contributed by atoms with Crippen LogP contribution in [-0.4, -0.2) is 61.0 Å². The van der Waals surface area contributed by atoms with Crippen molar-refractivity contribution in [1.29, 1.82) is 0 Å². The second-order valence-electron chi connectivity index (χ2n) is 16.4. The Balaban J connectivity index is 0.000000299. The van der Waals surface area contributed by atoms with Gasteiger partial charge in [0.05, 0.1) is 64.6 Å². The fourth-order valence-corrected chi connectivity index (χ4v) is 7.03. The maximum absolute atomic E-state index is 13.4. The molecular weight excluding hydrogens is 1050 g/mol. The highest BCUT2D eigenvalue weighted by Gasteiger charge is 2.45. The number of hydrogen-bond donors (Lipinski definition) is 0. The Kier molecular flexibility index (Phi) is 19.5. The van der Waals surface area contributed by atoms with Crippen LogP contribution in [0.2, 0.25) is 0 Å². The Bertz CT molecular complexity index is 3090. The highest BCUT2D eigenvalue weighted by atomic mass is 19.4. The predicted molar refractivity (Wildman–Crippen MR) is 239 cm³/mol. The van der Waals surface area contributed by atoms with Gasteiger partial charge in [-0.3, -0.25) is 25.0 Å². The molecule has 0 N–H and O–H groups in total. The van der Waals surface area contributed by atoms with Crippen LogP contribution in [0.25, 0.3) is 0 Å². The maximum atomic E-state index is 13.4. The molecule has 0 bridgehead atoms. The van der Waals surface area contributed by atoms with Gasteiger partial charge in [-0.25, -0.2) is 14.4 Å². The van der Waals surface area contributed by atoms with E-state index in [4.69, 9.17) is 19.1 Å². The summed E-state index contributed by atoms with van der Waals surface area (Å²) in [4.78, 5) is 83.3. The standard InChI is InChI=1S/C20H17F3O4.C19H18F3NO5.C9H5F4NO4.CO2/c1-11-5-4-6-13(7-11)19(2)17(24)9-12-8-14(18(25)26-3)15(20(21,22)23)10-16(12)27-19;1-11-6-5-7-12(8-11)18(2,3)28-16-10-14(19(20,21)22)13(17(24)27-4)9-15(16)23(25)26;1-18-8(15)4-2-7(14(16)17)6(10)3-5(4)9(11,12)13;2-1-3/h4-8,10H,9H2,1-3H3;5-10H,1-4H3;2-3H,1H3;. The minimum absolute atomic E-state index is 0.0708. The average Bonchev–Trinajstić information content (AvgIpc) is 3.32. The van der Waals surface area contributed by atoms with E-state index in [1.165, 1.54) is 6.92 Å². The summed E-state index contributed by atoms with van der Waals surface area (Å²) < 4.78 is 155. The number of nitro benzene ring substituents is 2. The van der Waals surface area contributed by atoms with Crippen molar-refractivity contribution in [2.45, 2.75) is 70.8 Å². The number of alkyl halides is 9. The van der Waals surface area contributed by atoms with Gasteiger partial charge < -0.3 is 23.7 Å². The van der Waals surface area contributed by atoms with Gasteiger partial charge in [0.15, 0.2) is 17.1 Å². The van der Waals surface area contributed by atoms with Gasteiger partial charge in [0.1, 0.15) is 11.4 Å². The summed E-state index contributed by atoms with van der Waals surface area (Å²) in [5.41, 5.74) is -8.27. The van der Waals surface area contributed by atoms with E-state index in [9.17, 15) is 83.3 Å².